The topological polar surface area (TPSA) is 83.7 Å². The zero-order valence-corrected chi connectivity index (χ0v) is 16.3. The van der Waals surface area contributed by atoms with Crippen LogP contribution < -0.4 is 5.73 Å². The van der Waals surface area contributed by atoms with Gasteiger partial charge in [0.15, 0.2) is 0 Å². The molecule has 0 bridgehead atoms. The number of nitrogens with zero attached hydrogens (tertiary/aromatic N) is 2. The monoisotopic (exact) mass is 383 g/mol. The highest BCUT2D eigenvalue weighted by Gasteiger charge is 2.48. The van der Waals surface area contributed by atoms with Gasteiger partial charge in [-0.1, -0.05) is 31.0 Å². The Morgan fingerprint density at radius 3 is 2.29 bits per heavy atom. The van der Waals surface area contributed by atoms with E-state index >= 15 is 0 Å². The van der Waals surface area contributed by atoms with Gasteiger partial charge in [0.25, 0.3) is 5.91 Å². The number of hydrogen-bond donors (Lipinski definition) is 1. The normalized spacial score (nSPS) is 28.1. The van der Waals surface area contributed by atoms with Crippen molar-refractivity contribution in [3.8, 4) is 0 Å². The molecule has 2 heterocycles. The molecule has 6 nitrogen and oxygen atoms in total. The molecule has 28 heavy (non-hydrogen) atoms. The summed E-state index contributed by atoms with van der Waals surface area (Å²) in [4.78, 5) is 41.9. The van der Waals surface area contributed by atoms with Crippen LogP contribution in [0.25, 0.3) is 0 Å². The molecule has 0 spiro atoms. The Hall–Kier alpha value is -2.37. The number of amides is 3. The molecule has 1 aliphatic carbocycles. The summed E-state index contributed by atoms with van der Waals surface area (Å²) in [6.45, 7) is 1.09. The molecular formula is C22H29N3O3. The SMILES string of the molecule is NC(=O)C1CCN(C(=O)C2CC3CCCCC3N2C(=O)c2ccccc2)CC1. The fourth-order valence-electron chi connectivity index (χ4n) is 5.30. The number of benzene rings is 1. The predicted octanol–water partition coefficient (Wildman–Crippen LogP) is 2.18. The van der Waals surface area contributed by atoms with Gasteiger partial charge in [0.05, 0.1) is 0 Å². The van der Waals surface area contributed by atoms with Gasteiger partial charge in [-0.2, -0.15) is 0 Å². The van der Waals surface area contributed by atoms with Crippen LogP contribution in [-0.2, 0) is 9.59 Å². The summed E-state index contributed by atoms with van der Waals surface area (Å²) in [6, 6.07) is 9.08. The fraction of sp³-hybridized carbons (Fsp3) is 0.591. The number of nitrogens with two attached hydrogens (primary N) is 1. The molecule has 3 fully saturated rings. The standard InChI is InChI=1S/C22H29N3O3/c23-20(26)15-10-12-24(13-11-15)22(28)19-14-17-8-4-5-9-18(17)25(19)21(27)16-6-2-1-3-7-16/h1-3,6-7,15,17-19H,4-5,8-14H2,(H2,23,26). The Morgan fingerprint density at radius 2 is 1.61 bits per heavy atom. The summed E-state index contributed by atoms with van der Waals surface area (Å²) in [5.41, 5.74) is 6.07. The molecule has 2 aliphatic heterocycles. The second-order valence-electron chi connectivity index (χ2n) is 8.44. The van der Waals surface area contributed by atoms with E-state index in [0.29, 0.717) is 37.4 Å². The minimum atomic E-state index is -0.383. The number of piperidine rings is 1. The lowest BCUT2D eigenvalue weighted by Crippen LogP contribution is -2.52. The number of carbonyl (C=O) groups excluding carboxylic acids is 3. The first-order chi connectivity index (χ1) is 13.6. The van der Waals surface area contributed by atoms with E-state index in [2.05, 4.69) is 0 Å². The minimum Gasteiger partial charge on any atom is -0.369 e. The zero-order valence-electron chi connectivity index (χ0n) is 16.3. The molecule has 3 amide bonds. The third-order valence-corrected chi connectivity index (χ3v) is 6.84. The van der Waals surface area contributed by atoms with E-state index in [1.54, 1.807) is 0 Å². The largest absolute Gasteiger partial charge is 0.369 e. The molecule has 3 atom stereocenters. The lowest BCUT2D eigenvalue weighted by molar-refractivity contribution is -0.138. The van der Waals surface area contributed by atoms with Gasteiger partial charge >= 0.3 is 0 Å². The lowest BCUT2D eigenvalue weighted by Gasteiger charge is -2.37. The first-order valence-electron chi connectivity index (χ1n) is 10.5. The van der Waals surface area contributed by atoms with Crippen LogP contribution in [0, 0.1) is 11.8 Å². The fourth-order valence-corrected chi connectivity index (χ4v) is 5.30. The minimum absolute atomic E-state index is 0.0274. The highest BCUT2D eigenvalue weighted by Crippen LogP contribution is 2.41. The van der Waals surface area contributed by atoms with Crippen molar-refractivity contribution < 1.29 is 14.4 Å². The third-order valence-electron chi connectivity index (χ3n) is 6.84. The van der Waals surface area contributed by atoms with Crippen LogP contribution in [0.1, 0.15) is 55.3 Å². The summed E-state index contributed by atoms with van der Waals surface area (Å²) < 4.78 is 0. The first kappa shape index (κ1) is 19.0. The lowest BCUT2D eigenvalue weighted by atomic mass is 9.84. The molecule has 4 rings (SSSR count). The Kier molecular flexibility index (Phi) is 5.38. The van der Waals surface area contributed by atoms with Crippen molar-refractivity contribution in [3.05, 3.63) is 35.9 Å². The molecule has 0 radical (unpaired) electrons. The van der Waals surface area contributed by atoms with Crippen molar-refractivity contribution in [3.63, 3.8) is 0 Å². The van der Waals surface area contributed by atoms with E-state index in [9.17, 15) is 14.4 Å². The molecule has 1 saturated carbocycles. The first-order valence-corrected chi connectivity index (χ1v) is 10.5. The molecule has 150 valence electrons. The number of carbonyl (C=O) groups is 3. The van der Waals surface area contributed by atoms with E-state index in [-0.39, 0.29) is 35.7 Å². The Morgan fingerprint density at radius 1 is 0.929 bits per heavy atom. The number of primary amides is 1. The molecule has 1 aromatic rings. The van der Waals surface area contributed by atoms with E-state index in [1.165, 1.54) is 6.42 Å². The maximum absolute atomic E-state index is 13.4. The van der Waals surface area contributed by atoms with Gasteiger partial charge in [0, 0.05) is 30.6 Å². The van der Waals surface area contributed by atoms with Gasteiger partial charge in [0.2, 0.25) is 11.8 Å². The Balaban J connectivity index is 1.54. The van der Waals surface area contributed by atoms with Crippen molar-refractivity contribution >= 4 is 17.7 Å². The van der Waals surface area contributed by atoms with E-state index in [0.717, 1.165) is 25.7 Å². The van der Waals surface area contributed by atoms with Crippen LogP contribution >= 0.6 is 0 Å². The second-order valence-corrected chi connectivity index (χ2v) is 8.44. The van der Waals surface area contributed by atoms with Gasteiger partial charge in [-0.25, -0.2) is 0 Å². The van der Waals surface area contributed by atoms with Crippen LogP contribution in [0.4, 0.5) is 0 Å². The molecule has 2 saturated heterocycles. The summed E-state index contributed by atoms with van der Waals surface area (Å²) in [5, 5.41) is 0. The van der Waals surface area contributed by atoms with Gasteiger partial charge in [-0.15, -0.1) is 0 Å². The zero-order chi connectivity index (χ0) is 19.7. The second kappa shape index (κ2) is 7.94. The number of likely N-dealkylation sites (tertiary alicyclic amines) is 2. The van der Waals surface area contributed by atoms with Crippen molar-refractivity contribution in [1.29, 1.82) is 0 Å². The molecule has 1 aromatic carbocycles. The number of hydrogen-bond acceptors (Lipinski definition) is 3. The van der Waals surface area contributed by atoms with Crippen molar-refractivity contribution in [2.45, 2.75) is 57.0 Å². The van der Waals surface area contributed by atoms with Crippen molar-refractivity contribution in [1.82, 2.24) is 9.80 Å². The summed E-state index contributed by atoms with van der Waals surface area (Å²) >= 11 is 0. The molecule has 6 heteroatoms. The van der Waals surface area contributed by atoms with Gasteiger partial charge < -0.3 is 15.5 Å². The van der Waals surface area contributed by atoms with E-state index < -0.39 is 0 Å². The third kappa shape index (κ3) is 3.52. The summed E-state index contributed by atoms with van der Waals surface area (Å²) in [5.74, 6) is 0.0117. The molecule has 2 N–H and O–H groups in total. The van der Waals surface area contributed by atoms with Gasteiger partial charge in [-0.3, -0.25) is 14.4 Å². The van der Waals surface area contributed by atoms with Crippen LogP contribution in [0.15, 0.2) is 30.3 Å². The number of fused-ring (bicyclic) bond motifs is 1. The van der Waals surface area contributed by atoms with Crippen LogP contribution in [0.2, 0.25) is 0 Å². The number of rotatable bonds is 3. The van der Waals surface area contributed by atoms with Crippen molar-refractivity contribution in [2.24, 2.45) is 17.6 Å². The van der Waals surface area contributed by atoms with E-state index in [1.807, 2.05) is 40.1 Å². The Bertz CT molecular complexity index is 743. The highest BCUT2D eigenvalue weighted by molar-refractivity contribution is 5.98. The summed E-state index contributed by atoms with van der Waals surface area (Å²) in [6.07, 6.45) is 6.37. The average Bonchev–Trinajstić information content (AvgIpc) is 3.13. The average molecular weight is 383 g/mol. The quantitative estimate of drug-likeness (QED) is 0.868. The maximum Gasteiger partial charge on any atom is 0.254 e. The highest BCUT2D eigenvalue weighted by atomic mass is 16.2. The summed E-state index contributed by atoms with van der Waals surface area (Å²) in [7, 11) is 0. The molecular weight excluding hydrogens is 354 g/mol. The predicted molar refractivity (Wildman–Crippen MR) is 105 cm³/mol. The molecule has 3 aliphatic rings. The smallest absolute Gasteiger partial charge is 0.254 e. The molecule has 3 unspecified atom stereocenters. The Labute approximate surface area is 166 Å². The van der Waals surface area contributed by atoms with Crippen LogP contribution in [0.5, 0.6) is 0 Å². The maximum atomic E-state index is 13.4. The van der Waals surface area contributed by atoms with Crippen LogP contribution in [-0.4, -0.2) is 52.7 Å². The van der Waals surface area contributed by atoms with Crippen molar-refractivity contribution in [2.75, 3.05) is 13.1 Å². The van der Waals surface area contributed by atoms with Gasteiger partial charge in [-0.05, 0) is 50.2 Å². The van der Waals surface area contributed by atoms with Gasteiger partial charge in [0.1, 0.15) is 6.04 Å². The molecule has 0 aromatic heterocycles. The van der Waals surface area contributed by atoms with Crippen LogP contribution in [0.3, 0.4) is 0 Å². The van der Waals surface area contributed by atoms with E-state index in [4.69, 9.17) is 5.73 Å².